The molecule has 20 heavy (non-hydrogen) atoms. The van der Waals surface area contributed by atoms with Gasteiger partial charge >= 0.3 is 0 Å². The Morgan fingerprint density at radius 3 is 2.30 bits per heavy atom. The molecule has 3 rings (SSSR count). The molecule has 0 saturated heterocycles. The molecular formula is C18H18BrF. The van der Waals surface area contributed by atoms with E-state index < -0.39 is 0 Å². The lowest BCUT2D eigenvalue weighted by molar-refractivity contribution is 0.623. The molecule has 0 aliphatic heterocycles. The third-order valence-corrected chi connectivity index (χ3v) is 5.41. The predicted molar refractivity (Wildman–Crippen MR) is 84.8 cm³/mol. The maximum atomic E-state index is 13.4. The van der Waals surface area contributed by atoms with E-state index in [9.17, 15) is 4.39 Å². The Morgan fingerprint density at radius 1 is 1.10 bits per heavy atom. The van der Waals surface area contributed by atoms with Gasteiger partial charge in [0.15, 0.2) is 0 Å². The molecule has 1 aliphatic rings. The number of halogens is 2. The molecule has 0 radical (unpaired) electrons. The Bertz CT molecular complexity index is 598. The van der Waals surface area contributed by atoms with E-state index in [1.165, 1.54) is 17.5 Å². The molecule has 1 saturated carbocycles. The molecule has 0 heterocycles. The summed E-state index contributed by atoms with van der Waals surface area (Å²) in [6.07, 6.45) is 1.20. The molecule has 0 spiro atoms. The van der Waals surface area contributed by atoms with Crippen molar-refractivity contribution >= 4 is 15.9 Å². The van der Waals surface area contributed by atoms with Gasteiger partial charge in [-0.3, -0.25) is 0 Å². The van der Waals surface area contributed by atoms with Crippen LogP contribution < -0.4 is 0 Å². The van der Waals surface area contributed by atoms with Gasteiger partial charge in [0.05, 0.1) is 0 Å². The first-order valence-electron chi connectivity index (χ1n) is 7.03. The second-order valence-electron chi connectivity index (χ2n) is 5.77. The summed E-state index contributed by atoms with van der Waals surface area (Å²) in [5.74, 6) is 1.10. The monoisotopic (exact) mass is 332 g/mol. The summed E-state index contributed by atoms with van der Waals surface area (Å²) in [5.41, 5.74) is 4.76. The van der Waals surface area contributed by atoms with Gasteiger partial charge in [0.2, 0.25) is 0 Å². The molecule has 0 amide bonds. The minimum atomic E-state index is -0.140. The lowest BCUT2D eigenvalue weighted by Crippen LogP contribution is -2.01. The fourth-order valence-corrected chi connectivity index (χ4v) is 4.50. The van der Waals surface area contributed by atoms with Gasteiger partial charge in [-0.2, -0.15) is 0 Å². The van der Waals surface area contributed by atoms with Gasteiger partial charge in [0.1, 0.15) is 5.82 Å². The van der Waals surface area contributed by atoms with Crippen molar-refractivity contribution in [2.24, 2.45) is 5.92 Å². The zero-order valence-electron chi connectivity index (χ0n) is 11.7. The molecule has 2 heteroatoms. The molecule has 2 aromatic rings. The SMILES string of the molecule is Cc1cc(F)cc(C)c1C(Br)C1CC1c1ccccc1. The van der Waals surface area contributed by atoms with Gasteiger partial charge in [-0.05, 0) is 66.5 Å². The molecule has 2 aromatic carbocycles. The topological polar surface area (TPSA) is 0 Å². The Morgan fingerprint density at radius 2 is 1.70 bits per heavy atom. The predicted octanol–water partition coefficient (Wildman–Crippen LogP) is 5.68. The van der Waals surface area contributed by atoms with Crippen molar-refractivity contribution in [3.8, 4) is 0 Å². The number of alkyl halides is 1. The number of hydrogen-bond acceptors (Lipinski definition) is 0. The third kappa shape index (κ3) is 2.54. The molecule has 0 aromatic heterocycles. The highest BCUT2D eigenvalue weighted by atomic mass is 79.9. The molecule has 0 nitrogen and oxygen atoms in total. The average molecular weight is 333 g/mol. The van der Waals surface area contributed by atoms with Gasteiger partial charge in [0, 0.05) is 4.83 Å². The summed E-state index contributed by atoms with van der Waals surface area (Å²) in [4.78, 5) is 0.313. The van der Waals surface area contributed by atoms with Crippen molar-refractivity contribution in [3.05, 3.63) is 70.5 Å². The molecular weight excluding hydrogens is 315 g/mol. The van der Waals surface area contributed by atoms with E-state index in [0.717, 1.165) is 11.1 Å². The highest BCUT2D eigenvalue weighted by molar-refractivity contribution is 9.09. The third-order valence-electron chi connectivity index (χ3n) is 4.28. The smallest absolute Gasteiger partial charge is 0.123 e. The normalized spacial score (nSPS) is 22.6. The van der Waals surface area contributed by atoms with Gasteiger partial charge in [-0.15, -0.1) is 0 Å². The molecule has 1 aliphatic carbocycles. The van der Waals surface area contributed by atoms with Gasteiger partial charge in [0.25, 0.3) is 0 Å². The van der Waals surface area contributed by atoms with Crippen molar-refractivity contribution < 1.29 is 4.39 Å². The first-order chi connectivity index (χ1) is 9.58. The number of aryl methyl sites for hydroxylation is 2. The molecule has 0 bridgehead atoms. The van der Waals surface area contributed by atoms with Crippen LogP contribution in [-0.2, 0) is 0 Å². The quantitative estimate of drug-likeness (QED) is 0.634. The first-order valence-corrected chi connectivity index (χ1v) is 7.95. The van der Waals surface area contributed by atoms with Crippen molar-refractivity contribution in [2.45, 2.75) is 31.0 Å². The second-order valence-corrected chi connectivity index (χ2v) is 6.76. The number of hydrogen-bond donors (Lipinski definition) is 0. The standard InChI is InChI=1S/C18H18BrF/c1-11-8-14(20)9-12(2)17(11)18(19)16-10-15(16)13-6-4-3-5-7-13/h3-9,15-16,18H,10H2,1-2H3. The molecule has 1 fully saturated rings. The van der Waals surface area contributed by atoms with Crippen LogP contribution in [0.5, 0.6) is 0 Å². The van der Waals surface area contributed by atoms with E-state index in [1.807, 2.05) is 13.8 Å². The summed E-state index contributed by atoms with van der Waals surface area (Å²) in [6, 6.07) is 13.9. The molecule has 104 valence electrons. The van der Waals surface area contributed by atoms with E-state index in [4.69, 9.17) is 0 Å². The zero-order chi connectivity index (χ0) is 14.3. The summed E-state index contributed by atoms with van der Waals surface area (Å²) < 4.78 is 13.4. The zero-order valence-corrected chi connectivity index (χ0v) is 13.3. The van der Waals surface area contributed by atoms with Crippen LogP contribution in [0.1, 0.15) is 39.4 Å². The maximum absolute atomic E-state index is 13.4. The largest absolute Gasteiger partial charge is 0.207 e. The van der Waals surface area contributed by atoms with Crippen LogP contribution in [0.3, 0.4) is 0 Å². The highest BCUT2D eigenvalue weighted by Crippen LogP contribution is 2.57. The molecule has 0 N–H and O–H groups in total. The number of benzene rings is 2. The molecule has 3 unspecified atom stereocenters. The van der Waals surface area contributed by atoms with Crippen molar-refractivity contribution in [2.75, 3.05) is 0 Å². The summed E-state index contributed by atoms with van der Waals surface area (Å²) >= 11 is 3.85. The van der Waals surface area contributed by atoms with Gasteiger partial charge < -0.3 is 0 Å². The Labute approximate surface area is 128 Å². The van der Waals surface area contributed by atoms with E-state index >= 15 is 0 Å². The minimum absolute atomic E-state index is 0.140. The average Bonchev–Trinajstić information content (AvgIpc) is 3.18. The summed E-state index contributed by atoms with van der Waals surface area (Å²) in [5, 5.41) is 0. The minimum Gasteiger partial charge on any atom is -0.207 e. The van der Waals surface area contributed by atoms with Crippen molar-refractivity contribution in [1.29, 1.82) is 0 Å². The van der Waals surface area contributed by atoms with Crippen molar-refractivity contribution in [1.82, 2.24) is 0 Å². The van der Waals surface area contributed by atoms with Crippen LogP contribution in [0.4, 0.5) is 4.39 Å². The molecule has 3 atom stereocenters. The fourth-order valence-electron chi connectivity index (χ4n) is 3.19. The van der Waals surface area contributed by atoms with E-state index in [1.54, 1.807) is 12.1 Å². The van der Waals surface area contributed by atoms with E-state index in [0.29, 0.717) is 16.7 Å². The van der Waals surface area contributed by atoms with Crippen LogP contribution in [0, 0.1) is 25.6 Å². The number of rotatable bonds is 3. The van der Waals surface area contributed by atoms with Gasteiger partial charge in [-0.25, -0.2) is 4.39 Å². The van der Waals surface area contributed by atoms with E-state index in [2.05, 4.69) is 46.3 Å². The van der Waals surface area contributed by atoms with Crippen LogP contribution >= 0.6 is 15.9 Å². The lowest BCUT2D eigenvalue weighted by atomic mass is 9.96. The fraction of sp³-hybridized carbons (Fsp3) is 0.333. The van der Waals surface area contributed by atoms with Crippen LogP contribution in [0.2, 0.25) is 0 Å². The lowest BCUT2D eigenvalue weighted by Gasteiger charge is -2.16. The maximum Gasteiger partial charge on any atom is 0.123 e. The Kier molecular flexibility index (Phi) is 3.68. The second kappa shape index (κ2) is 5.33. The van der Waals surface area contributed by atoms with Gasteiger partial charge in [-0.1, -0.05) is 46.3 Å². The Hall–Kier alpha value is -1.15. The van der Waals surface area contributed by atoms with Crippen LogP contribution in [0.15, 0.2) is 42.5 Å². The Balaban J connectivity index is 1.84. The van der Waals surface area contributed by atoms with Crippen LogP contribution in [0.25, 0.3) is 0 Å². The van der Waals surface area contributed by atoms with E-state index in [-0.39, 0.29) is 5.82 Å². The highest BCUT2D eigenvalue weighted by Gasteiger charge is 2.44. The van der Waals surface area contributed by atoms with Crippen molar-refractivity contribution in [3.63, 3.8) is 0 Å². The summed E-state index contributed by atoms with van der Waals surface area (Å²) in [7, 11) is 0. The summed E-state index contributed by atoms with van der Waals surface area (Å²) in [6.45, 7) is 4.00. The van der Waals surface area contributed by atoms with Crippen LogP contribution in [-0.4, -0.2) is 0 Å². The first kappa shape index (κ1) is 13.8.